The molecule has 0 aliphatic heterocycles. The molecule has 0 atom stereocenters. The molecule has 0 aromatic carbocycles. The SMILES string of the molecule is CC(C)CNc1nccc(C#N)c1N. The van der Waals surface area contributed by atoms with E-state index in [4.69, 9.17) is 11.0 Å². The van der Waals surface area contributed by atoms with Crippen molar-refractivity contribution in [3.8, 4) is 6.07 Å². The van der Waals surface area contributed by atoms with E-state index in [0.29, 0.717) is 23.0 Å². The van der Waals surface area contributed by atoms with Crippen LogP contribution >= 0.6 is 0 Å². The second-order valence-corrected chi connectivity index (χ2v) is 3.51. The average Bonchev–Trinajstić information content (AvgIpc) is 2.16. The molecule has 0 radical (unpaired) electrons. The number of nitrogens with two attached hydrogens (primary N) is 1. The summed E-state index contributed by atoms with van der Waals surface area (Å²) in [4.78, 5) is 4.07. The van der Waals surface area contributed by atoms with Crippen LogP contribution < -0.4 is 11.1 Å². The fourth-order valence-electron chi connectivity index (χ4n) is 1.01. The fraction of sp³-hybridized carbons (Fsp3) is 0.400. The molecular formula is C10H14N4. The molecule has 0 fully saturated rings. The van der Waals surface area contributed by atoms with E-state index in [-0.39, 0.29) is 0 Å². The third-order valence-electron chi connectivity index (χ3n) is 1.79. The molecule has 4 heteroatoms. The van der Waals surface area contributed by atoms with Crippen LogP contribution in [0.1, 0.15) is 19.4 Å². The van der Waals surface area contributed by atoms with Crippen LogP contribution in [0.25, 0.3) is 0 Å². The number of aromatic nitrogens is 1. The van der Waals surface area contributed by atoms with Crippen LogP contribution in [0.4, 0.5) is 11.5 Å². The zero-order chi connectivity index (χ0) is 10.6. The van der Waals surface area contributed by atoms with Crippen LogP contribution in [0, 0.1) is 17.2 Å². The molecule has 0 amide bonds. The first kappa shape index (κ1) is 10.3. The number of nitrogens with zero attached hydrogens (tertiary/aromatic N) is 2. The maximum Gasteiger partial charge on any atom is 0.150 e. The van der Waals surface area contributed by atoms with E-state index in [1.54, 1.807) is 12.3 Å². The number of nitrogens with one attached hydrogen (secondary N) is 1. The van der Waals surface area contributed by atoms with E-state index in [2.05, 4.69) is 24.1 Å². The lowest BCUT2D eigenvalue weighted by molar-refractivity contribution is 0.687. The summed E-state index contributed by atoms with van der Waals surface area (Å²) in [6.45, 7) is 4.99. The van der Waals surface area contributed by atoms with Crippen LogP contribution in [-0.2, 0) is 0 Å². The lowest BCUT2D eigenvalue weighted by Crippen LogP contribution is -2.11. The van der Waals surface area contributed by atoms with E-state index in [0.717, 1.165) is 6.54 Å². The predicted octanol–water partition coefficient (Wildman–Crippen LogP) is 1.60. The lowest BCUT2D eigenvalue weighted by Gasteiger charge is -2.10. The summed E-state index contributed by atoms with van der Waals surface area (Å²) in [5.74, 6) is 1.11. The van der Waals surface area contributed by atoms with Crippen molar-refractivity contribution in [3.05, 3.63) is 17.8 Å². The van der Waals surface area contributed by atoms with Crippen molar-refractivity contribution in [1.82, 2.24) is 4.98 Å². The number of pyridine rings is 1. The molecule has 4 nitrogen and oxygen atoms in total. The van der Waals surface area contributed by atoms with Gasteiger partial charge in [0.2, 0.25) is 0 Å². The molecule has 74 valence electrons. The van der Waals surface area contributed by atoms with E-state index < -0.39 is 0 Å². The summed E-state index contributed by atoms with van der Waals surface area (Å²) in [7, 11) is 0. The Kier molecular flexibility index (Phi) is 3.29. The van der Waals surface area contributed by atoms with Gasteiger partial charge in [-0.3, -0.25) is 0 Å². The Bertz CT molecular complexity index is 352. The van der Waals surface area contributed by atoms with Gasteiger partial charge in [0.1, 0.15) is 6.07 Å². The molecule has 0 saturated carbocycles. The largest absolute Gasteiger partial charge is 0.395 e. The summed E-state index contributed by atoms with van der Waals surface area (Å²) in [6, 6.07) is 3.63. The molecule has 3 N–H and O–H groups in total. The molecule has 0 unspecified atom stereocenters. The van der Waals surface area contributed by atoms with Gasteiger partial charge in [-0.2, -0.15) is 5.26 Å². The van der Waals surface area contributed by atoms with Crippen molar-refractivity contribution in [2.75, 3.05) is 17.6 Å². The van der Waals surface area contributed by atoms with Crippen LogP contribution in [0.15, 0.2) is 12.3 Å². The van der Waals surface area contributed by atoms with Gasteiger partial charge in [0, 0.05) is 12.7 Å². The Morgan fingerprint density at radius 1 is 1.64 bits per heavy atom. The highest BCUT2D eigenvalue weighted by molar-refractivity contribution is 5.68. The number of nitrogen functional groups attached to an aromatic ring is 1. The molecule has 1 aromatic rings. The van der Waals surface area contributed by atoms with E-state index in [9.17, 15) is 0 Å². The Morgan fingerprint density at radius 3 is 2.93 bits per heavy atom. The number of hydrogen-bond acceptors (Lipinski definition) is 4. The van der Waals surface area contributed by atoms with Crippen molar-refractivity contribution < 1.29 is 0 Å². The predicted molar refractivity (Wildman–Crippen MR) is 56.7 cm³/mol. The van der Waals surface area contributed by atoms with E-state index in [1.807, 2.05) is 6.07 Å². The minimum Gasteiger partial charge on any atom is -0.395 e. The van der Waals surface area contributed by atoms with Gasteiger partial charge in [-0.05, 0) is 12.0 Å². The maximum absolute atomic E-state index is 8.73. The summed E-state index contributed by atoms with van der Waals surface area (Å²) in [5.41, 5.74) is 6.62. The smallest absolute Gasteiger partial charge is 0.150 e. The average molecular weight is 190 g/mol. The Balaban J connectivity index is 2.83. The van der Waals surface area contributed by atoms with Gasteiger partial charge in [0.05, 0.1) is 11.3 Å². The standard InChI is InChI=1S/C10H14N4/c1-7(2)6-14-10-9(12)8(5-11)3-4-13-10/h3-4,7H,6,12H2,1-2H3,(H,13,14). The van der Waals surface area contributed by atoms with Crippen LogP contribution in [-0.4, -0.2) is 11.5 Å². The minimum atomic E-state index is 0.427. The number of anilines is 2. The summed E-state index contributed by atoms with van der Waals surface area (Å²) < 4.78 is 0. The molecule has 0 bridgehead atoms. The lowest BCUT2D eigenvalue weighted by atomic mass is 10.2. The molecule has 0 aliphatic carbocycles. The monoisotopic (exact) mass is 190 g/mol. The van der Waals surface area contributed by atoms with E-state index >= 15 is 0 Å². The highest BCUT2D eigenvalue weighted by Crippen LogP contribution is 2.18. The molecule has 14 heavy (non-hydrogen) atoms. The van der Waals surface area contributed by atoms with Gasteiger partial charge in [-0.1, -0.05) is 13.8 Å². The number of rotatable bonds is 3. The van der Waals surface area contributed by atoms with Crippen molar-refractivity contribution in [2.24, 2.45) is 5.92 Å². The number of hydrogen-bond donors (Lipinski definition) is 2. The molecular weight excluding hydrogens is 176 g/mol. The third kappa shape index (κ3) is 2.36. The Morgan fingerprint density at radius 2 is 2.36 bits per heavy atom. The van der Waals surface area contributed by atoms with Crippen molar-refractivity contribution in [3.63, 3.8) is 0 Å². The van der Waals surface area contributed by atoms with Crippen molar-refractivity contribution in [2.45, 2.75) is 13.8 Å². The molecule has 1 heterocycles. The van der Waals surface area contributed by atoms with Gasteiger partial charge in [0.25, 0.3) is 0 Å². The summed E-state index contributed by atoms with van der Waals surface area (Å²) >= 11 is 0. The van der Waals surface area contributed by atoms with Gasteiger partial charge >= 0.3 is 0 Å². The normalized spacial score (nSPS) is 9.86. The molecule has 0 saturated heterocycles. The Hall–Kier alpha value is -1.76. The Labute approximate surface area is 83.8 Å². The topological polar surface area (TPSA) is 74.7 Å². The highest BCUT2D eigenvalue weighted by Gasteiger charge is 2.05. The zero-order valence-electron chi connectivity index (χ0n) is 8.41. The minimum absolute atomic E-state index is 0.427. The summed E-state index contributed by atoms with van der Waals surface area (Å²) in [5, 5.41) is 11.8. The first-order valence-electron chi connectivity index (χ1n) is 4.53. The molecule has 1 aromatic heterocycles. The van der Waals surface area contributed by atoms with Crippen LogP contribution in [0.2, 0.25) is 0 Å². The van der Waals surface area contributed by atoms with Crippen LogP contribution in [0.5, 0.6) is 0 Å². The maximum atomic E-state index is 8.73. The first-order valence-corrected chi connectivity index (χ1v) is 4.53. The highest BCUT2D eigenvalue weighted by atomic mass is 15.0. The molecule has 0 aliphatic rings. The fourth-order valence-corrected chi connectivity index (χ4v) is 1.01. The summed E-state index contributed by atoms with van der Waals surface area (Å²) in [6.07, 6.45) is 1.58. The van der Waals surface area contributed by atoms with Crippen LogP contribution in [0.3, 0.4) is 0 Å². The second kappa shape index (κ2) is 4.47. The zero-order valence-corrected chi connectivity index (χ0v) is 8.41. The van der Waals surface area contributed by atoms with Gasteiger partial charge in [-0.25, -0.2) is 4.98 Å². The first-order chi connectivity index (χ1) is 6.65. The second-order valence-electron chi connectivity index (χ2n) is 3.51. The number of nitriles is 1. The van der Waals surface area contributed by atoms with Gasteiger partial charge < -0.3 is 11.1 Å². The van der Waals surface area contributed by atoms with E-state index in [1.165, 1.54) is 0 Å². The van der Waals surface area contributed by atoms with Gasteiger partial charge in [0.15, 0.2) is 5.82 Å². The van der Waals surface area contributed by atoms with Crippen molar-refractivity contribution >= 4 is 11.5 Å². The molecule has 1 rings (SSSR count). The van der Waals surface area contributed by atoms with Gasteiger partial charge in [-0.15, -0.1) is 0 Å². The third-order valence-corrected chi connectivity index (χ3v) is 1.79. The molecule has 0 spiro atoms. The van der Waals surface area contributed by atoms with Crippen molar-refractivity contribution in [1.29, 1.82) is 5.26 Å². The quantitative estimate of drug-likeness (QED) is 0.759.